The Morgan fingerprint density at radius 3 is 2.65 bits per heavy atom. The first kappa shape index (κ1) is 15.8. The van der Waals surface area contributed by atoms with Gasteiger partial charge in [-0.1, -0.05) is 0 Å². The van der Waals surface area contributed by atoms with Crippen LogP contribution in [0, 0.1) is 0 Å². The van der Waals surface area contributed by atoms with Crippen LogP contribution < -0.4 is 10.5 Å². The van der Waals surface area contributed by atoms with Gasteiger partial charge in [0.1, 0.15) is 4.90 Å². The molecule has 1 atom stereocenters. The fourth-order valence-electron chi connectivity index (χ4n) is 1.20. The van der Waals surface area contributed by atoms with E-state index < -0.39 is 27.9 Å². The van der Waals surface area contributed by atoms with Crippen molar-refractivity contribution in [2.45, 2.75) is 17.9 Å². The van der Waals surface area contributed by atoms with Gasteiger partial charge in [0.25, 0.3) is 0 Å². The third-order valence-corrected chi connectivity index (χ3v) is 3.73. The van der Waals surface area contributed by atoms with Gasteiger partial charge in [-0.3, -0.25) is 9.78 Å². The molecule has 1 unspecified atom stereocenters. The van der Waals surface area contributed by atoms with Crippen LogP contribution in [0.1, 0.15) is 12.5 Å². The van der Waals surface area contributed by atoms with Crippen LogP contribution in [0.25, 0.3) is 6.08 Å². The lowest BCUT2D eigenvalue weighted by Gasteiger charge is -2.10. The Labute approximate surface area is 115 Å². The maximum Gasteiger partial charge on any atom is 0.328 e. The van der Waals surface area contributed by atoms with Gasteiger partial charge in [-0.25, -0.2) is 13.2 Å². The molecule has 1 aromatic rings. The Hall–Kier alpha value is -2.26. The van der Waals surface area contributed by atoms with Crippen LogP contribution in [0.4, 0.5) is 0 Å². The minimum absolute atomic E-state index is 0.196. The second-order valence-corrected chi connectivity index (χ2v) is 5.58. The zero-order chi connectivity index (χ0) is 15.3. The van der Waals surface area contributed by atoms with Gasteiger partial charge in [0.15, 0.2) is 0 Å². The van der Waals surface area contributed by atoms with Gasteiger partial charge < -0.3 is 10.8 Å². The molecule has 0 spiro atoms. The number of carbonyl (C=O) groups excluding carboxylic acids is 1. The van der Waals surface area contributed by atoms with Crippen molar-refractivity contribution in [1.29, 1.82) is 0 Å². The van der Waals surface area contributed by atoms with E-state index in [0.717, 1.165) is 12.3 Å². The van der Waals surface area contributed by atoms with Crippen molar-refractivity contribution < 1.29 is 23.1 Å². The monoisotopic (exact) mass is 299 g/mol. The number of nitrogens with two attached hydrogens (primary N) is 1. The Morgan fingerprint density at radius 1 is 1.45 bits per heavy atom. The number of hydrogen-bond acceptors (Lipinski definition) is 5. The number of carbonyl (C=O) groups is 2. The lowest BCUT2D eigenvalue weighted by Crippen LogP contribution is -2.42. The minimum Gasteiger partial charge on any atom is -0.478 e. The summed E-state index contributed by atoms with van der Waals surface area (Å²) in [5.41, 5.74) is 5.27. The molecule has 108 valence electrons. The van der Waals surface area contributed by atoms with E-state index in [1.54, 1.807) is 0 Å². The molecule has 20 heavy (non-hydrogen) atoms. The van der Waals surface area contributed by atoms with Crippen molar-refractivity contribution in [3.63, 3.8) is 0 Å². The average Bonchev–Trinajstić information content (AvgIpc) is 2.36. The summed E-state index contributed by atoms with van der Waals surface area (Å²) in [6.07, 6.45) is 4.43. The van der Waals surface area contributed by atoms with Gasteiger partial charge in [-0.15, -0.1) is 0 Å². The number of nitrogens with zero attached hydrogens (tertiary/aromatic N) is 1. The summed E-state index contributed by atoms with van der Waals surface area (Å²) in [4.78, 5) is 24.7. The highest BCUT2D eigenvalue weighted by Gasteiger charge is 2.20. The Kier molecular flexibility index (Phi) is 4.94. The molecule has 0 saturated carbocycles. The van der Waals surface area contributed by atoms with Gasteiger partial charge in [-0.05, 0) is 24.6 Å². The quantitative estimate of drug-likeness (QED) is 0.595. The molecule has 0 bridgehead atoms. The standard InChI is InChI=1S/C11H13N3O5S/c1-7(11(12)17)14-20(18,19)9-4-8(5-13-6-9)2-3-10(15)16/h2-7,14H,1H3,(H2,12,17)(H,15,16). The van der Waals surface area contributed by atoms with E-state index in [1.807, 2.05) is 0 Å². The normalized spacial score (nSPS) is 13.2. The largest absolute Gasteiger partial charge is 0.478 e. The first-order chi connectivity index (χ1) is 9.22. The molecule has 0 fully saturated rings. The van der Waals surface area contributed by atoms with Crippen LogP contribution in [-0.2, 0) is 19.6 Å². The van der Waals surface area contributed by atoms with E-state index in [9.17, 15) is 18.0 Å². The molecule has 9 heteroatoms. The Morgan fingerprint density at radius 2 is 2.10 bits per heavy atom. The fourth-order valence-corrected chi connectivity index (χ4v) is 2.41. The van der Waals surface area contributed by atoms with Crippen LogP contribution in [0.3, 0.4) is 0 Å². The van der Waals surface area contributed by atoms with E-state index in [1.165, 1.54) is 25.3 Å². The minimum atomic E-state index is -3.96. The molecule has 1 heterocycles. The zero-order valence-electron chi connectivity index (χ0n) is 10.5. The smallest absolute Gasteiger partial charge is 0.328 e. The SMILES string of the molecule is CC(NS(=O)(=O)c1cncc(C=CC(=O)O)c1)C(N)=O. The van der Waals surface area contributed by atoms with Crippen LogP contribution in [0.2, 0.25) is 0 Å². The molecule has 0 aliphatic carbocycles. The third kappa shape index (κ3) is 4.44. The summed E-state index contributed by atoms with van der Waals surface area (Å²) in [5.74, 6) is -1.98. The molecule has 0 aromatic carbocycles. The number of sulfonamides is 1. The van der Waals surface area contributed by atoms with Gasteiger partial charge in [0, 0.05) is 18.5 Å². The Bertz CT molecular complexity index is 654. The predicted octanol–water partition coefficient (Wildman–Crippen LogP) is -0.669. The van der Waals surface area contributed by atoms with Crippen molar-refractivity contribution in [3.8, 4) is 0 Å². The Balaban J connectivity index is 3.04. The molecular formula is C11H13N3O5S. The number of carboxylic acids is 1. The molecule has 4 N–H and O–H groups in total. The molecule has 1 amide bonds. The van der Waals surface area contributed by atoms with Crippen molar-refractivity contribution in [3.05, 3.63) is 30.1 Å². The molecule has 0 aliphatic heterocycles. The van der Waals surface area contributed by atoms with Crippen LogP contribution in [-0.4, -0.2) is 36.4 Å². The van der Waals surface area contributed by atoms with Gasteiger partial charge in [-0.2, -0.15) is 4.72 Å². The van der Waals surface area contributed by atoms with E-state index in [-0.39, 0.29) is 4.90 Å². The second-order valence-electron chi connectivity index (χ2n) is 3.87. The molecule has 0 radical (unpaired) electrons. The number of primary amides is 1. The number of carboxylic acid groups (broad SMARTS) is 1. The number of aromatic nitrogens is 1. The maximum absolute atomic E-state index is 11.9. The fraction of sp³-hybridized carbons (Fsp3) is 0.182. The first-order valence-electron chi connectivity index (χ1n) is 5.40. The zero-order valence-corrected chi connectivity index (χ0v) is 11.3. The van der Waals surface area contributed by atoms with Crippen molar-refractivity contribution in [1.82, 2.24) is 9.71 Å². The number of amides is 1. The maximum atomic E-state index is 11.9. The third-order valence-electron chi connectivity index (χ3n) is 2.22. The molecule has 0 saturated heterocycles. The average molecular weight is 299 g/mol. The van der Waals surface area contributed by atoms with Crippen LogP contribution >= 0.6 is 0 Å². The molecule has 0 aliphatic rings. The lowest BCUT2D eigenvalue weighted by atomic mass is 10.2. The van der Waals surface area contributed by atoms with Gasteiger partial charge >= 0.3 is 5.97 Å². The van der Waals surface area contributed by atoms with Crippen molar-refractivity contribution in [2.75, 3.05) is 0 Å². The number of pyridine rings is 1. The van der Waals surface area contributed by atoms with Gasteiger partial charge in [0.05, 0.1) is 6.04 Å². The summed E-state index contributed by atoms with van der Waals surface area (Å²) in [5, 5.41) is 8.49. The van der Waals surface area contributed by atoms with E-state index in [4.69, 9.17) is 10.8 Å². The first-order valence-corrected chi connectivity index (χ1v) is 6.88. The predicted molar refractivity (Wildman–Crippen MR) is 69.9 cm³/mol. The summed E-state index contributed by atoms with van der Waals surface area (Å²) >= 11 is 0. The number of nitrogens with one attached hydrogen (secondary N) is 1. The highest BCUT2D eigenvalue weighted by Crippen LogP contribution is 2.11. The summed E-state index contributed by atoms with van der Waals surface area (Å²) in [6, 6.07) is 0.154. The van der Waals surface area contributed by atoms with Crippen molar-refractivity contribution >= 4 is 28.0 Å². The van der Waals surface area contributed by atoms with E-state index in [2.05, 4.69) is 9.71 Å². The molecule has 1 rings (SSSR count). The van der Waals surface area contributed by atoms with Crippen LogP contribution in [0.5, 0.6) is 0 Å². The molecule has 8 nitrogen and oxygen atoms in total. The topological polar surface area (TPSA) is 139 Å². The highest BCUT2D eigenvalue weighted by atomic mass is 32.2. The van der Waals surface area contributed by atoms with Gasteiger partial charge in [0.2, 0.25) is 15.9 Å². The summed E-state index contributed by atoms with van der Waals surface area (Å²) in [6.45, 7) is 1.31. The molecule has 1 aromatic heterocycles. The number of rotatable bonds is 6. The number of hydrogen-bond donors (Lipinski definition) is 3. The number of aliphatic carboxylic acids is 1. The van der Waals surface area contributed by atoms with Crippen LogP contribution in [0.15, 0.2) is 29.4 Å². The van der Waals surface area contributed by atoms with Crippen molar-refractivity contribution in [2.24, 2.45) is 5.73 Å². The second kappa shape index (κ2) is 6.26. The van der Waals surface area contributed by atoms with E-state index >= 15 is 0 Å². The molecular weight excluding hydrogens is 286 g/mol. The summed E-state index contributed by atoms with van der Waals surface area (Å²) < 4.78 is 26.0. The summed E-state index contributed by atoms with van der Waals surface area (Å²) in [7, 11) is -3.96. The lowest BCUT2D eigenvalue weighted by molar-refractivity contribution is -0.131. The highest BCUT2D eigenvalue weighted by molar-refractivity contribution is 7.89. The van der Waals surface area contributed by atoms with E-state index in [0.29, 0.717) is 5.56 Å².